The number of thioether (sulfide) groups is 1. The third-order valence-electron chi connectivity index (χ3n) is 2.63. The summed E-state index contributed by atoms with van der Waals surface area (Å²) in [5, 5.41) is 2.77. The summed E-state index contributed by atoms with van der Waals surface area (Å²) in [4.78, 5) is 33.2. The standard InChI is InChI=1S/C13H15N3O3S2/c1-3-6-16-11(18)10(4-7-19-9(2)17)21-13(16)15-12-14-5-8-20-12/h3,5,8,10H,1,4,6-7H2,2H3/t10-/m1/s1. The van der Waals surface area contributed by atoms with Crippen LogP contribution in [0.5, 0.6) is 0 Å². The Hall–Kier alpha value is -1.67. The van der Waals surface area contributed by atoms with Crippen LogP contribution < -0.4 is 0 Å². The zero-order valence-electron chi connectivity index (χ0n) is 11.5. The van der Waals surface area contributed by atoms with Crippen LogP contribution in [0.1, 0.15) is 13.3 Å². The van der Waals surface area contributed by atoms with Crippen molar-refractivity contribution >= 4 is 45.3 Å². The molecule has 1 saturated heterocycles. The maximum absolute atomic E-state index is 12.3. The molecule has 8 heteroatoms. The number of esters is 1. The van der Waals surface area contributed by atoms with Crippen LogP contribution in [0.2, 0.25) is 0 Å². The normalized spacial score (nSPS) is 20.0. The molecule has 0 aromatic carbocycles. The topological polar surface area (TPSA) is 71.9 Å². The number of ether oxygens (including phenoxy) is 1. The van der Waals surface area contributed by atoms with Gasteiger partial charge in [0.1, 0.15) is 0 Å². The number of thiazole rings is 1. The Morgan fingerprint density at radius 2 is 2.48 bits per heavy atom. The van der Waals surface area contributed by atoms with Gasteiger partial charge in [0.25, 0.3) is 0 Å². The summed E-state index contributed by atoms with van der Waals surface area (Å²) < 4.78 is 4.90. The highest BCUT2D eigenvalue weighted by Gasteiger charge is 2.37. The molecule has 2 rings (SSSR count). The SMILES string of the molecule is C=CCN1C(=O)[C@@H](CCOC(C)=O)SC1=Nc1nccs1. The van der Waals surface area contributed by atoms with E-state index in [0.29, 0.717) is 23.3 Å². The van der Waals surface area contributed by atoms with E-state index in [9.17, 15) is 9.59 Å². The van der Waals surface area contributed by atoms with E-state index >= 15 is 0 Å². The third kappa shape index (κ3) is 4.15. The van der Waals surface area contributed by atoms with Crippen LogP contribution in [0, 0.1) is 0 Å². The Morgan fingerprint density at radius 1 is 1.67 bits per heavy atom. The molecule has 1 aliphatic rings. The second-order valence-electron chi connectivity index (χ2n) is 4.18. The van der Waals surface area contributed by atoms with Gasteiger partial charge in [-0.25, -0.2) is 4.98 Å². The maximum Gasteiger partial charge on any atom is 0.302 e. The predicted octanol–water partition coefficient (Wildman–Crippen LogP) is 2.21. The molecular formula is C13H15N3O3S2. The van der Waals surface area contributed by atoms with Crippen molar-refractivity contribution in [3.8, 4) is 0 Å². The monoisotopic (exact) mass is 325 g/mol. The first kappa shape index (κ1) is 15.7. The average Bonchev–Trinajstić information content (AvgIpc) is 3.03. The molecule has 0 radical (unpaired) electrons. The summed E-state index contributed by atoms with van der Waals surface area (Å²) in [6.45, 7) is 5.64. The van der Waals surface area contributed by atoms with Gasteiger partial charge in [-0.05, 0) is 0 Å². The molecule has 0 bridgehead atoms. The zero-order chi connectivity index (χ0) is 15.2. The van der Waals surface area contributed by atoms with Crippen molar-refractivity contribution in [3.05, 3.63) is 24.2 Å². The minimum Gasteiger partial charge on any atom is -0.466 e. The quantitative estimate of drug-likeness (QED) is 0.592. The smallest absolute Gasteiger partial charge is 0.302 e. The molecule has 1 aromatic rings. The summed E-state index contributed by atoms with van der Waals surface area (Å²) in [5.41, 5.74) is 0. The van der Waals surface area contributed by atoms with Gasteiger partial charge < -0.3 is 4.74 Å². The van der Waals surface area contributed by atoms with E-state index in [2.05, 4.69) is 16.6 Å². The van der Waals surface area contributed by atoms with Crippen molar-refractivity contribution in [2.45, 2.75) is 18.6 Å². The molecule has 1 aliphatic heterocycles. The number of rotatable bonds is 6. The minimum absolute atomic E-state index is 0.0395. The second kappa shape index (κ2) is 7.37. The van der Waals surface area contributed by atoms with Crippen LogP contribution in [0.4, 0.5) is 5.13 Å². The van der Waals surface area contributed by atoms with Crippen LogP contribution >= 0.6 is 23.1 Å². The van der Waals surface area contributed by atoms with Gasteiger partial charge in [-0.2, -0.15) is 4.99 Å². The largest absolute Gasteiger partial charge is 0.466 e. The Bertz CT molecular complexity index is 557. The third-order valence-corrected chi connectivity index (χ3v) is 4.54. The first-order valence-electron chi connectivity index (χ1n) is 6.32. The number of hydrogen-bond acceptors (Lipinski definition) is 7. The van der Waals surface area contributed by atoms with Gasteiger partial charge in [-0.1, -0.05) is 17.8 Å². The number of carbonyl (C=O) groups is 2. The molecule has 1 atom stereocenters. The summed E-state index contributed by atoms with van der Waals surface area (Å²) in [5.74, 6) is -0.382. The van der Waals surface area contributed by atoms with Crippen molar-refractivity contribution in [1.29, 1.82) is 0 Å². The number of amidine groups is 1. The lowest BCUT2D eigenvalue weighted by molar-refractivity contribution is -0.141. The molecule has 2 heterocycles. The zero-order valence-corrected chi connectivity index (χ0v) is 13.2. The van der Waals surface area contributed by atoms with Gasteiger partial charge in [0, 0.05) is 31.5 Å². The lowest BCUT2D eigenvalue weighted by atomic mass is 10.3. The molecule has 0 unspecified atom stereocenters. The molecule has 0 spiro atoms. The fourth-order valence-corrected chi connectivity index (χ4v) is 3.43. The number of aliphatic imine (C=N–C) groups is 1. The van der Waals surface area contributed by atoms with Gasteiger partial charge in [0.2, 0.25) is 11.0 Å². The van der Waals surface area contributed by atoms with Crippen molar-refractivity contribution in [2.24, 2.45) is 4.99 Å². The van der Waals surface area contributed by atoms with Crippen molar-refractivity contribution in [3.63, 3.8) is 0 Å². The van der Waals surface area contributed by atoms with Crippen molar-refractivity contribution in [1.82, 2.24) is 9.88 Å². The van der Waals surface area contributed by atoms with E-state index in [4.69, 9.17) is 4.74 Å². The van der Waals surface area contributed by atoms with Gasteiger partial charge in [0.15, 0.2) is 5.17 Å². The summed E-state index contributed by atoms with van der Waals surface area (Å²) in [6, 6.07) is 0. The molecular weight excluding hydrogens is 310 g/mol. The molecule has 112 valence electrons. The number of amides is 1. The summed E-state index contributed by atoms with van der Waals surface area (Å²) >= 11 is 2.78. The van der Waals surface area contributed by atoms with Crippen LogP contribution in [-0.2, 0) is 14.3 Å². The average molecular weight is 325 g/mol. The van der Waals surface area contributed by atoms with E-state index < -0.39 is 0 Å². The van der Waals surface area contributed by atoms with Crippen LogP contribution in [0.25, 0.3) is 0 Å². The molecule has 0 saturated carbocycles. The fourth-order valence-electron chi connectivity index (χ4n) is 1.74. The van der Waals surface area contributed by atoms with Crippen LogP contribution in [0.3, 0.4) is 0 Å². The number of carbonyl (C=O) groups excluding carboxylic acids is 2. The van der Waals surface area contributed by atoms with E-state index in [0.717, 1.165) is 0 Å². The van der Waals surface area contributed by atoms with Gasteiger partial charge in [-0.3, -0.25) is 14.5 Å². The number of aromatic nitrogens is 1. The van der Waals surface area contributed by atoms with Crippen LogP contribution in [0.15, 0.2) is 29.2 Å². The summed E-state index contributed by atoms with van der Waals surface area (Å²) in [6.07, 6.45) is 3.79. The Balaban J connectivity index is 2.08. The van der Waals surface area contributed by atoms with Crippen molar-refractivity contribution < 1.29 is 14.3 Å². The Morgan fingerprint density at radius 3 is 3.10 bits per heavy atom. The van der Waals surface area contributed by atoms with E-state index in [1.807, 2.05) is 5.38 Å². The van der Waals surface area contributed by atoms with Crippen LogP contribution in [-0.4, -0.2) is 45.3 Å². The van der Waals surface area contributed by atoms with E-state index in [1.165, 1.54) is 30.0 Å². The summed E-state index contributed by atoms with van der Waals surface area (Å²) in [7, 11) is 0. The maximum atomic E-state index is 12.3. The fraction of sp³-hybridized carbons (Fsp3) is 0.385. The molecule has 6 nitrogen and oxygen atoms in total. The highest BCUT2D eigenvalue weighted by molar-refractivity contribution is 8.15. The first-order chi connectivity index (χ1) is 10.1. The molecule has 0 N–H and O–H groups in total. The molecule has 1 fully saturated rings. The van der Waals surface area contributed by atoms with Gasteiger partial charge >= 0.3 is 5.97 Å². The lowest BCUT2D eigenvalue weighted by Gasteiger charge is -2.13. The Labute approximate surface area is 130 Å². The highest BCUT2D eigenvalue weighted by atomic mass is 32.2. The first-order valence-corrected chi connectivity index (χ1v) is 8.08. The predicted molar refractivity (Wildman–Crippen MR) is 83.7 cm³/mol. The molecule has 1 amide bonds. The second-order valence-corrected chi connectivity index (χ2v) is 6.22. The Kier molecular flexibility index (Phi) is 5.51. The minimum atomic E-state index is -0.343. The van der Waals surface area contributed by atoms with Gasteiger partial charge in [0.05, 0.1) is 11.9 Å². The number of nitrogens with zero attached hydrogens (tertiary/aromatic N) is 3. The molecule has 0 aliphatic carbocycles. The van der Waals surface area contributed by atoms with E-state index in [-0.39, 0.29) is 23.7 Å². The number of hydrogen-bond donors (Lipinski definition) is 0. The molecule has 1 aromatic heterocycles. The van der Waals surface area contributed by atoms with E-state index in [1.54, 1.807) is 17.2 Å². The molecule has 21 heavy (non-hydrogen) atoms. The highest BCUT2D eigenvalue weighted by Crippen LogP contribution is 2.31. The van der Waals surface area contributed by atoms with Gasteiger partial charge in [-0.15, -0.1) is 17.9 Å². The van der Waals surface area contributed by atoms with Crippen molar-refractivity contribution in [2.75, 3.05) is 13.2 Å². The lowest BCUT2D eigenvalue weighted by Crippen LogP contribution is -2.32.